The van der Waals surface area contributed by atoms with Crippen molar-refractivity contribution in [2.45, 2.75) is 25.4 Å². The average Bonchev–Trinajstić information content (AvgIpc) is 2.74. The van der Waals surface area contributed by atoms with E-state index in [0.717, 1.165) is 31.4 Å². The summed E-state index contributed by atoms with van der Waals surface area (Å²) in [6.07, 6.45) is 2.50. The number of halogens is 1. The SMILES string of the molecule is COC(=O)c1cccc(N(C)C(=O)N[C@H]2C[C@H](Cc3ccc(F)cc3)CCN2)c1. The fourth-order valence-corrected chi connectivity index (χ4v) is 3.57. The fraction of sp³-hybridized carbons (Fsp3) is 0.364. The van der Waals surface area contributed by atoms with Crippen LogP contribution >= 0.6 is 0 Å². The first kappa shape index (κ1) is 20.8. The number of hydrogen-bond donors (Lipinski definition) is 2. The van der Waals surface area contributed by atoms with Crippen LogP contribution in [0.2, 0.25) is 0 Å². The van der Waals surface area contributed by atoms with E-state index in [-0.39, 0.29) is 18.0 Å². The lowest BCUT2D eigenvalue weighted by atomic mass is 9.89. The molecule has 0 unspecified atom stereocenters. The molecule has 0 spiro atoms. The van der Waals surface area contributed by atoms with Crippen LogP contribution in [-0.4, -0.2) is 38.9 Å². The summed E-state index contributed by atoms with van der Waals surface area (Å²) in [5.41, 5.74) is 2.09. The minimum Gasteiger partial charge on any atom is -0.465 e. The number of anilines is 1. The Hall–Kier alpha value is -2.93. The number of rotatable bonds is 5. The highest BCUT2D eigenvalue weighted by atomic mass is 19.1. The van der Waals surface area contributed by atoms with Gasteiger partial charge in [-0.3, -0.25) is 10.2 Å². The lowest BCUT2D eigenvalue weighted by Crippen LogP contribution is -2.53. The minimum absolute atomic E-state index is 0.145. The molecule has 2 aromatic rings. The van der Waals surface area contributed by atoms with Gasteiger partial charge in [-0.1, -0.05) is 18.2 Å². The summed E-state index contributed by atoms with van der Waals surface area (Å²) in [5, 5.41) is 6.33. The van der Waals surface area contributed by atoms with Gasteiger partial charge in [0.1, 0.15) is 5.82 Å². The molecule has 0 aliphatic carbocycles. The van der Waals surface area contributed by atoms with E-state index in [1.165, 1.54) is 24.1 Å². The van der Waals surface area contributed by atoms with Gasteiger partial charge in [0.05, 0.1) is 18.8 Å². The quantitative estimate of drug-likeness (QED) is 0.757. The number of hydrogen-bond acceptors (Lipinski definition) is 4. The molecule has 29 heavy (non-hydrogen) atoms. The third-order valence-electron chi connectivity index (χ3n) is 5.21. The second-order valence-electron chi connectivity index (χ2n) is 7.28. The molecule has 2 atom stereocenters. The Morgan fingerprint density at radius 2 is 2.00 bits per heavy atom. The third kappa shape index (κ3) is 5.54. The summed E-state index contributed by atoms with van der Waals surface area (Å²) >= 11 is 0. The molecule has 6 nitrogen and oxygen atoms in total. The smallest absolute Gasteiger partial charge is 0.337 e. The summed E-state index contributed by atoms with van der Waals surface area (Å²) in [6.45, 7) is 0.804. The summed E-state index contributed by atoms with van der Waals surface area (Å²) in [6, 6.07) is 13.1. The highest BCUT2D eigenvalue weighted by Gasteiger charge is 2.24. The maximum absolute atomic E-state index is 13.1. The van der Waals surface area contributed by atoms with Gasteiger partial charge >= 0.3 is 12.0 Å². The molecule has 154 valence electrons. The van der Waals surface area contributed by atoms with Crippen LogP contribution < -0.4 is 15.5 Å². The molecular formula is C22H26FN3O3. The van der Waals surface area contributed by atoms with Crippen molar-refractivity contribution < 1.29 is 18.7 Å². The highest BCUT2D eigenvalue weighted by Crippen LogP contribution is 2.21. The Labute approximate surface area is 170 Å². The minimum atomic E-state index is -0.446. The molecule has 2 amide bonds. The second kappa shape index (κ2) is 9.52. The van der Waals surface area contributed by atoms with E-state index in [2.05, 4.69) is 10.6 Å². The van der Waals surface area contributed by atoms with Crippen molar-refractivity contribution in [3.8, 4) is 0 Å². The summed E-state index contributed by atoms with van der Waals surface area (Å²) in [7, 11) is 2.98. The van der Waals surface area contributed by atoms with Crippen molar-refractivity contribution in [3.05, 3.63) is 65.5 Å². The first-order chi connectivity index (χ1) is 14.0. The van der Waals surface area contributed by atoms with Crippen LogP contribution in [0, 0.1) is 11.7 Å². The number of carbonyl (C=O) groups excluding carboxylic acids is 2. The van der Waals surface area contributed by atoms with Crippen molar-refractivity contribution in [1.82, 2.24) is 10.6 Å². The van der Waals surface area contributed by atoms with Crippen molar-refractivity contribution in [1.29, 1.82) is 0 Å². The number of urea groups is 1. The van der Waals surface area contributed by atoms with E-state index in [9.17, 15) is 14.0 Å². The monoisotopic (exact) mass is 399 g/mol. The van der Waals surface area contributed by atoms with Gasteiger partial charge in [-0.05, 0) is 67.6 Å². The van der Waals surface area contributed by atoms with E-state index in [4.69, 9.17) is 4.74 Å². The number of nitrogens with zero attached hydrogens (tertiary/aromatic N) is 1. The van der Waals surface area contributed by atoms with E-state index in [1.54, 1.807) is 31.3 Å². The molecule has 0 radical (unpaired) electrons. The molecular weight excluding hydrogens is 373 g/mol. The molecule has 1 aliphatic rings. The van der Waals surface area contributed by atoms with Crippen LogP contribution in [0.15, 0.2) is 48.5 Å². The summed E-state index contributed by atoms with van der Waals surface area (Å²) in [5.74, 6) is -0.276. The number of ether oxygens (including phenoxy) is 1. The summed E-state index contributed by atoms with van der Waals surface area (Å²) in [4.78, 5) is 25.9. The normalized spacial score (nSPS) is 18.7. The van der Waals surface area contributed by atoms with Crippen LogP contribution in [0.5, 0.6) is 0 Å². The number of benzene rings is 2. The van der Waals surface area contributed by atoms with Gasteiger partial charge in [0.15, 0.2) is 0 Å². The van der Waals surface area contributed by atoms with E-state index < -0.39 is 5.97 Å². The van der Waals surface area contributed by atoms with E-state index in [0.29, 0.717) is 17.2 Å². The fourth-order valence-electron chi connectivity index (χ4n) is 3.57. The van der Waals surface area contributed by atoms with Crippen LogP contribution in [-0.2, 0) is 11.2 Å². The zero-order valence-electron chi connectivity index (χ0n) is 16.7. The predicted octanol–water partition coefficient (Wildman–Crippen LogP) is 3.33. The molecule has 0 saturated carbocycles. The molecule has 0 bridgehead atoms. The third-order valence-corrected chi connectivity index (χ3v) is 5.21. The molecule has 2 aromatic carbocycles. The maximum atomic E-state index is 13.1. The van der Waals surface area contributed by atoms with Crippen LogP contribution in [0.1, 0.15) is 28.8 Å². The van der Waals surface area contributed by atoms with Crippen molar-refractivity contribution >= 4 is 17.7 Å². The Bertz CT molecular complexity index is 857. The van der Waals surface area contributed by atoms with Crippen LogP contribution in [0.3, 0.4) is 0 Å². The lowest BCUT2D eigenvalue weighted by Gasteiger charge is -2.32. The average molecular weight is 399 g/mol. The number of amides is 2. The van der Waals surface area contributed by atoms with Gasteiger partial charge in [-0.25, -0.2) is 14.0 Å². The Balaban J connectivity index is 1.58. The van der Waals surface area contributed by atoms with E-state index >= 15 is 0 Å². The van der Waals surface area contributed by atoms with Gasteiger partial charge in [-0.2, -0.15) is 0 Å². The maximum Gasteiger partial charge on any atom is 0.337 e. The zero-order valence-corrected chi connectivity index (χ0v) is 16.7. The number of methoxy groups -OCH3 is 1. The zero-order chi connectivity index (χ0) is 20.8. The topological polar surface area (TPSA) is 70.7 Å². The largest absolute Gasteiger partial charge is 0.465 e. The van der Waals surface area contributed by atoms with Crippen molar-refractivity contribution in [2.24, 2.45) is 5.92 Å². The summed E-state index contributed by atoms with van der Waals surface area (Å²) < 4.78 is 17.8. The Kier molecular flexibility index (Phi) is 6.82. The molecule has 1 heterocycles. The molecule has 1 fully saturated rings. The van der Waals surface area contributed by atoms with Gasteiger partial charge < -0.3 is 10.1 Å². The molecule has 7 heteroatoms. The van der Waals surface area contributed by atoms with Crippen LogP contribution in [0.25, 0.3) is 0 Å². The van der Waals surface area contributed by atoms with Crippen LogP contribution in [0.4, 0.5) is 14.9 Å². The van der Waals surface area contributed by atoms with Gasteiger partial charge in [0, 0.05) is 12.7 Å². The standard InChI is InChI=1S/C22H26FN3O3/c1-26(19-5-3-4-17(14-19)21(27)29-2)22(28)25-20-13-16(10-11-24-20)12-15-6-8-18(23)9-7-15/h3-9,14,16,20,24H,10-13H2,1-2H3,(H,25,28)/t16-,20-/m0/s1. The number of nitrogens with one attached hydrogen (secondary N) is 2. The first-order valence-electron chi connectivity index (χ1n) is 9.66. The molecule has 3 rings (SSSR count). The second-order valence-corrected chi connectivity index (χ2v) is 7.28. The molecule has 1 aliphatic heterocycles. The number of carbonyl (C=O) groups is 2. The molecule has 2 N–H and O–H groups in total. The highest BCUT2D eigenvalue weighted by molar-refractivity contribution is 5.95. The van der Waals surface area contributed by atoms with Gasteiger partial charge in [0.2, 0.25) is 0 Å². The predicted molar refractivity (Wildman–Crippen MR) is 109 cm³/mol. The number of piperidine rings is 1. The Morgan fingerprint density at radius 1 is 1.24 bits per heavy atom. The lowest BCUT2D eigenvalue weighted by molar-refractivity contribution is 0.0600. The number of esters is 1. The van der Waals surface area contributed by atoms with Gasteiger partial charge in [0.25, 0.3) is 0 Å². The van der Waals surface area contributed by atoms with E-state index in [1.807, 2.05) is 12.1 Å². The van der Waals surface area contributed by atoms with Crippen molar-refractivity contribution in [2.75, 3.05) is 25.6 Å². The molecule has 1 saturated heterocycles. The van der Waals surface area contributed by atoms with Crippen molar-refractivity contribution in [3.63, 3.8) is 0 Å². The van der Waals surface area contributed by atoms with Gasteiger partial charge in [-0.15, -0.1) is 0 Å². The molecule has 0 aromatic heterocycles. The Morgan fingerprint density at radius 3 is 2.72 bits per heavy atom. The first-order valence-corrected chi connectivity index (χ1v) is 9.66.